The van der Waals surface area contributed by atoms with Gasteiger partial charge in [0.05, 0.1) is 24.3 Å². The standard InChI is InChI=1S/C15H12N2O3/c1-20-14-3-2-10(8-16)6-13(14)11-4-5-17-9-12(7-11)15(18)19/h2-6,9H,7H2,1H3,(H,18,19). The molecule has 0 radical (unpaired) electrons. The van der Waals surface area contributed by atoms with E-state index in [0.29, 0.717) is 16.9 Å². The van der Waals surface area contributed by atoms with Crippen LogP contribution in [0.15, 0.2) is 41.0 Å². The minimum atomic E-state index is -1.01. The van der Waals surface area contributed by atoms with Crippen molar-refractivity contribution >= 4 is 17.8 Å². The third-order valence-electron chi connectivity index (χ3n) is 2.92. The summed E-state index contributed by atoms with van der Waals surface area (Å²) >= 11 is 0. The van der Waals surface area contributed by atoms with Crippen LogP contribution in [0.3, 0.4) is 0 Å². The van der Waals surface area contributed by atoms with Crippen LogP contribution in [0.5, 0.6) is 5.75 Å². The minimum absolute atomic E-state index is 0.189. The third-order valence-corrected chi connectivity index (χ3v) is 2.92. The van der Waals surface area contributed by atoms with Gasteiger partial charge in [-0.15, -0.1) is 0 Å². The van der Waals surface area contributed by atoms with Crippen LogP contribution < -0.4 is 4.74 Å². The fourth-order valence-corrected chi connectivity index (χ4v) is 1.92. The number of allylic oxidation sites excluding steroid dienone is 2. The number of carbonyl (C=O) groups is 1. The Morgan fingerprint density at radius 2 is 2.30 bits per heavy atom. The third kappa shape index (κ3) is 2.75. The van der Waals surface area contributed by atoms with E-state index in [4.69, 9.17) is 15.1 Å². The van der Waals surface area contributed by atoms with Crippen molar-refractivity contribution in [3.8, 4) is 11.8 Å². The van der Waals surface area contributed by atoms with E-state index >= 15 is 0 Å². The van der Waals surface area contributed by atoms with Gasteiger partial charge in [0.2, 0.25) is 0 Å². The molecule has 2 rings (SSSR count). The minimum Gasteiger partial charge on any atom is -0.496 e. The Labute approximate surface area is 116 Å². The molecular formula is C15H12N2O3. The van der Waals surface area contributed by atoms with Crippen LogP contribution in [0.4, 0.5) is 0 Å². The van der Waals surface area contributed by atoms with E-state index in [1.807, 2.05) is 0 Å². The number of ether oxygens (including phenoxy) is 1. The molecule has 100 valence electrons. The van der Waals surface area contributed by atoms with E-state index in [9.17, 15) is 4.79 Å². The van der Waals surface area contributed by atoms with Crippen LogP contribution in [0.2, 0.25) is 0 Å². The highest BCUT2D eigenvalue weighted by atomic mass is 16.5. The second-order valence-electron chi connectivity index (χ2n) is 4.15. The van der Waals surface area contributed by atoms with Crippen molar-refractivity contribution in [1.82, 2.24) is 0 Å². The Balaban J connectivity index is 2.48. The number of nitriles is 1. The van der Waals surface area contributed by atoms with Gasteiger partial charge in [-0.25, -0.2) is 4.79 Å². The first-order valence-corrected chi connectivity index (χ1v) is 5.89. The summed E-state index contributed by atoms with van der Waals surface area (Å²) in [5, 5.41) is 18.1. The number of benzene rings is 1. The van der Waals surface area contributed by atoms with Crippen LogP contribution in [-0.2, 0) is 4.79 Å². The van der Waals surface area contributed by atoms with E-state index in [1.54, 1.807) is 24.3 Å². The normalized spacial score (nSPS) is 13.8. The summed E-state index contributed by atoms with van der Waals surface area (Å²) in [6.45, 7) is 0. The van der Waals surface area contributed by atoms with Crippen LogP contribution >= 0.6 is 0 Å². The number of aliphatic imine (C=N–C) groups is 1. The molecule has 0 fully saturated rings. The second kappa shape index (κ2) is 5.85. The van der Waals surface area contributed by atoms with Crippen molar-refractivity contribution in [2.75, 3.05) is 7.11 Å². The molecule has 0 saturated heterocycles. The lowest BCUT2D eigenvalue weighted by Gasteiger charge is -2.12. The van der Waals surface area contributed by atoms with E-state index in [0.717, 1.165) is 5.57 Å². The second-order valence-corrected chi connectivity index (χ2v) is 4.15. The Kier molecular flexibility index (Phi) is 3.96. The molecular weight excluding hydrogens is 256 g/mol. The monoisotopic (exact) mass is 268 g/mol. The fourth-order valence-electron chi connectivity index (χ4n) is 1.92. The van der Waals surface area contributed by atoms with E-state index in [2.05, 4.69) is 11.1 Å². The molecule has 0 saturated carbocycles. The Morgan fingerprint density at radius 3 is 2.95 bits per heavy atom. The van der Waals surface area contributed by atoms with Gasteiger partial charge >= 0.3 is 5.97 Å². The molecule has 0 bridgehead atoms. The first kappa shape index (κ1) is 13.6. The molecule has 0 spiro atoms. The summed E-state index contributed by atoms with van der Waals surface area (Å²) in [6, 6.07) is 7.09. The fraction of sp³-hybridized carbons (Fsp3) is 0.133. The maximum atomic E-state index is 11.1. The summed E-state index contributed by atoms with van der Waals surface area (Å²) < 4.78 is 5.27. The molecule has 1 aliphatic rings. The van der Waals surface area contributed by atoms with Crippen molar-refractivity contribution in [3.05, 3.63) is 47.2 Å². The van der Waals surface area contributed by atoms with Crippen LogP contribution in [0.1, 0.15) is 17.5 Å². The zero-order valence-electron chi connectivity index (χ0n) is 10.8. The van der Waals surface area contributed by atoms with Gasteiger partial charge in [0.1, 0.15) is 5.75 Å². The first-order valence-electron chi connectivity index (χ1n) is 5.89. The number of hydrogen-bond donors (Lipinski definition) is 1. The van der Waals surface area contributed by atoms with Crippen molar-refractivity contribution in [1.29, 1.82) is 5.26 Å². The van der Waals surface area contributed by atoms with Crippen molar-refractivity contribution in [2.45, 2.75) is 6.42 Å². The van der Waals surface area contributed by atoms with Crippen LogP contribution in [-0.4, -0.2) is 24.4 Å². The molecule has 5 heteroatoms. The van der Waals surface area contributed by atoms with Gasteiger partial charge in [-0.3, -0.25) is 4.99 Å². The molecule has 1 aliphatic heterocycles. The number of carboxylic acid groups (broad SMARTS) is 1. The summed E-state index contributed by atoms with van der Waals surface area (Å²) in [4.78, 5) is 15.0. The van der Waals surface area contributed by atoms with E-state index in [-0.39, 0.29) is 12.0 Å². The van der Waals surface area contributed by atoms with Gasteiger partial charge in [0.25, 0.3) is 0 Å². The maximum Gasteiger partial charge on any atom is 0.333 e. The summed E-state index contributed by atoms with van der Waals surface area (Å²) in [5.41, 5.74) is 2.12. The summed E-state index contributed by atoms with van der Waals surface area (Å²) in [7, 11) is 1.53. The summed E-state index contributed by atoms with van der Waals surface area (Å²) in [6.07, 6.45) is 4.81. The molecule has 1 aromatic carbocycles. The molecule has 1 aromatic rings. The van der Waals surface area contributed by atoms with Gasteiger partial charge in [0, 0.05) is 24.4 Å². The lowest BCUT2D eigenvalue weighted by molar-refractivity contribution is -0.132. The topological polar surface area (TPSA) is 82.7 Å². The number of carboxylic acids is 1. The van der Waals surface area contributed by atoms with Gasteiger partial charge in [-0.2, -0.15) is 5.26 Å². The lowest BCUT2D eigenvalue weighted by atomic mass is 9.96. The Bertz CT molecular complexity index is 679. The molecule has 0 unspecified atom stereocenters. The quantitative estimate of drug-likeness (QED) is 0.912. The molecule has 0 atom stereocenters. The highest BCUT2D eigenvalue weighted by Crippen LogP contribution is 2.31. The van der Waals surface area contributed by atoms with Crippen LogP contribution in [0, 0.1) is 11.3 Å². The van der Waals surface area contributed by atoms with E-state index < -0.39 is 5.97 Å². The zero-order valence-corrected chi connectivity index (χ0v) is 10.8. The molecule has 20 heavy (non-hydrogen) atoms. The van der Waals surface area contributed by atoms with Crippen molar-refractivity contribution < 1.29 is 14.6 Å². The van der Waals surface area contributed by atoms with Crippen molar-refractivity contribution in [3.63, 3.8) is 0 Å². The zero-order chi connectivity index (χ0) is 14.5. The van der Waals surface area contributed by atoms with Gasteiger partial charge in [-0.05, 0) is 29.8 Å². The maximum absolute atomic E-state index is 11.1. The number of rotatable bonds is 3. The first-order chi connectivity index (χ1) is 9.65. The highest BCUT2D eigenvalue weighted by molar-refractivity contribution is 5.95. The predicted molar refractivity (Wildman–Crippen MR) is 74.5 cm³/mol. The van der Waals surface area contributed by atoms with E-state index in [1.165, 1.54) is 19.5 Å². The SMILES string of the molecule is COc1ccc(C#N)cc1C1=CC=NC=C(C(=O)O)C1. The number of methoxy groups -OCH3 is 1. The Hall–Kier alpha value is -2.87. The van der Waals surface area contributed by atoms with Gasteiger partial charge in [0.15, 0.2) is 0 Å². The predicted octanol–water partition coefficient (Wildman–Crippen LogP) is 2.39. The molecule has 0 amide bonds. The largest absolute Gasteiger partial charge is 0.496 e. The molecule has 1 heterocycles. The Morgan fingerprint density at radius 1 is 1.50 bits per heavy atom. The van der Waals surface area contributed by atoms with Crippen molar-refractivity contribution in [2.24, 2.45) is 4.99 Å². The average molecular weight is 268 g/mol. The summed E-state index contributed by atoms with van der Waals surface area (Å²) in [5.74, 6) is -0.416. The molecule has 1 N–H and O–H groups in total. The van der Waals surface area contributed by atoms with Crippen LogP contribution in [0.25, 0.3) is 5.57 Å². The molecule has 0 aromatic heterocycles. The average Bonchev–Trinajstić information content (AvgIpc) is 2.72. The highest BCUT2D eigenvalue weighted by Gasteiger charge is 2.16. The molecule has 0 aliphatic carbocycles. The lowest BCUT2D eigenvalue weighted by Crippen LogP contribution is -2.02. The molecule has 5 nitrogen and oxygen atoms in total. The number of nitrogens with zero attached hydrogens (tertiary/aromatic N) is 2. The number of hydrogen-bond acceptors (Lipinski definition) is 4. The smallest absolute Gasteiger partial charge is 0.333 e. The van der Waals surface area contributed by atoms with Gasteiger partial charge in [-0.1, -0.05) is 0 Å². The number of aliphatic carboxylic acids is 1. The van der Waals surface area contributed by atoms with Gasteiger partial charge < -0.3 is 9.84 Å².